The molecular formula is C18H22BrN5S. The molecule has 0 saturated carbocycles. The zero-order chi connectivity index (χ0) is 18.3. The van der Waals surface area contributed by atoms with Gasteiger partial charge in [0.25, 0.3) is 0 Å². The van der Waals surface area contributed by atoms with Crippen molar-refractivity contribution < 1.29 is 0 Å². The van der Waals surface area contributed by atoms with E-state index in [0.717, 1.165) is 33.9 Å². The molecular weight excluding hydrogens is 398 g/mol. The first kappa shape index (κ1) is 18.1. The van der Waals surface area contributed by atoms with Gasteiger partial charge >= 0.3 is 0 Å². The summed E-state index contributed by atoms with van der Waals surface area (Å²) in [6.45, 7) is 11.1. The van der Waals surface area contributed by atoms with E-state index in [-0.39, 0.29) is 5.92 Å². The monoisotopic (exact) mass is 419 g/mol. The van der Waals surface area contributed by atoms with E-state index in [1.54, 1.807) is 0 Å². The number of rotatable bonds is 4. The lowest BCUT2D eigenvalue weighted by Gasteiger charge is -2.16. The molecule has 2 aromatic heterocycles. The molecule has 3 rings (SSSR count). The summed E-state index contributed by atoms with van der Waals surface area (Å²) < 4.78 is 5.75. The van der Waals surface area contributed by atoms with Crippen LogP contribution < -0.4 is 0 Å². The first-order valence-electron chi connectivity index (χ1n) is 8.24. The number of nitrogens with zero attached hydrogens (tertiary/aromatic N) is 4. The van der Waals surface area contributed by atoms with Gasteiger partial charge in [0.15, 0.2) is 4.77 Å². The third-order valence-corrected chi connectivity index (χ3v) is 5.91. The number of hydrogen-bond donors (Lipinski definition) is 1. The molecule has 1 atom stereocenters. The molecule has 0 aliphatic rings. The summed E-state index contributed by atoms with van der Waals surface area (Å²) >= 11 is 9.10. The molecule has 0 saturated heterocycles. The third-order valence-electron chi connectivity index (χ3n) is 4.48. The Morgan fingerprint density at radius 3 is 2.60 bits per heavy atom. The van der Waals surface area contributed by atoms with Crippen LogP contribution in [0.2, 0.25) is 0 Å². The summed E-state index contributed by atoms with van der Waals surface area (Å²) in [6, 6.07) is 6.38. The number of halogens is 1. The molecule has 1 aromatic carbocycles. The minimum Gasteiger partial charge on any atom is -0.272 e. The Kier molecular flexibility index (Phi) is 4.97. The Morgan fingerprint density at radius 2 is 1.96 bits per heavy atom. The van der Waals surface area contributed by atoms with E-state index >= 15 is 0 Å². The average Bonchev–Trinajstić information content (AvgIpc) is 3.06. The zero-order valence-electron chi connectivity index (χ0n) is 15.1. The molecule has 0 fully saturated rings. The van der Waals surface area contributed by atoms with Gasteiger partial charge in [0.2, 0.25) is 0 Å². The molecule has 0 spiro atoms. The molecule has 1 N–H and O–H groups in total. The van der Waals surface area contributed by atoms with E-state index in [2.05, 4.69) is 77.1 Å². The quantitative estimate of drug-likeness (QED) is 0.610. The Labute approximate surface area is 161 Å². The van der Waals surface area contributed by atoms with Gasteiger partial charge < -0.3 is 0 Å². The van der Waals surface area contributed by atoms with Crippen molar-refractivity contribution in [2.75, 3.05) is 0 Å². The number of aromatic nitrogens is 5. The standard InChI is InChI=1S/C18H22BrN5S/c1-10-6-7-11(2)15(8-10)24-17(20-21-18(24)25)12(3)9-23-14(5)16(19)13(4)22-23/h6-8,12H,9H2,1-5H3,(H,21,25)/t12-/m0/s1. The summed E-state index contributed by atoms with van der Waals surface area (Å²) in [4.78, 5) is 0. The van der Waals surface area contributed by atoms with E-state index < -0.39 is 0 Å². The first-order valence-corrected chi connectivity index (χ1v) is 9.44. The molecule has 0 unspecified atom stereocenters. The molecule has 3 aromatic rings. The number of aromatic amines is 1. The highest BCUT2D eigenvalue weighted by atomic mass is 79.9. The fraction of sp³-hybridized carbons (Fsp3) is 0.389. The predicted octanol–water partition coefficient (Wildman–Crippen LogP) is 4.93. The largest absolute Gasteiger partial charge is 0.272 e. The second kappa shape index (κ2) is 6.88. The highest BCUT2D eigenvalue weighted by Crippen LogP contribution is 2.25. The van der Waals surface area contributed by atoms with Crippen molar-refractivity contribution >= 4 is 28.1 Å². The van der Waals surface area contributed by atoms with E-state index in [4.69, 9.17) is 12.2 Å². The maximum absolute atomic E-state index is 5.51. The summed E-state index contributed by atoms with van der Waals surface area (Å²) in [5.41, 5.74) is 5.57. The van der Waals surface area contributed by atoms with Crippen LogP contribution in [0, 0.1) is 32.5 Å². The Balaban J connectivity index is 2.02. The number of hydrogen-bond acceptors (Lipinski definition) is 3. The van der Waals surface area contributed by atoms with Crippen molar-refractivity contribution in [2.45, 2.75) is 47.1 Å². The lowest BCUT2D eigenvalue weighted by molar-refractivity contribution is 0.506. The van der Waals surface area contributed by atoms with Crippen LogP contribution in [0.1, 0.15) is 41.2 Å². The van der Waals surface area contributed by atoms with Crippen molar-refractivity contribution in [3.05, 3.63) is 55.8 Å². The number of benzene rings is 1. The number of nitrogens with one attached hydrogen (secondary N) is 1. The molecule has 7 heteroatoms. The highest BCUT2D eigenvalue weighted by molar-refractivity contribution is 9.10. The van der Waals surface area contributed by atoms with E-state index in [9.17, 15) is 0 Å². The van der Waals surface area contributed by atoms with E-state index in [0.29, 0.717) is 4.77 Å². The normalized spacial score (nSPS) is 12.6. The fourth-order valence-corrected chi connectivity index (χ4v) is 3.55. The molecule has 0 bridgehead atoms. The first-order chi connectivity index (χ1) is 11.8. The predicted molar refractivity (Wildman–Crippen MR) is 106 cm³/mol. The van der Waals surface area contributed by atoms with Crippen molar-refractivity contribution in [3.8, 4) is 5.69 Å². The van der Waals surface area contributed by atoms with Gasteiger partial charge in [-0.3, -0.25) is 14.3 Å². The molecule has 0 radical (unpaired) electrons. The maximum atomic E-state index is 5.51. The second-order valence-electron chi connectivity index (χ2n) is 6.58. The van der Waals surface area contributed by atoms with Crippen molar-refractivity contribution in [1.29, 1.82) is 0 Å². The SMILES string of the molecule is Cc1ccc(C)c(-n2c([C@@H](C)Cn3nc(C)c(Br)c3C)n[nH]c2=S)c1. The fourth-order valence-electron chi connectivity index (χ4n) is 3.03. The summed E-state index contributed by atoms with van der Waals surface area (Å²) in [7, 11) is 0. The summed E-state index contributed by atoms with van der Waals surface area (Å²) in [6.07, 6.45) is 0. The number of aryl methyl sites for hydroxylation is 3. The Bertz CT molecular complexity index is 982. The van der Waals surface area contributed by atoms with Gasteiger partial charge in [0, 0.05) is 11.6 Å². The Hall–Kier alpha value is -1.73. The molecule has 25 heavy (non-hydrogen) atoms. The van der Waals surface area contributed by atoms with Crippen molar-refractivity contribution in [1.82, 2.24) is 24.5 Å². The van der Waals surface area contributed by atoms with Gasteiger partial charge in [-0.05, 0) is 73.0 Å². The van der Waals surface area contributed by atoms with Crippen molar-refractivity contribution in [3.63, 3.8) is 0 Å². The smallest absolute Gasteiger partial charge is 0.199 e. The van der Waals surface area contributed by atoms with E-state index in [1.165, 1.54) is 11.1 Å². The zero-order valence-corrected chi connectivity index (χ0v) is 17.5. The van der Waals surface area contributed by atoms with Gasteiger partial charge in [0.1, 0.15) is 5.82 Å². The maximum Gasteiger partial charge on any atom is 0.199 e. The van der Waals surface area contributed by atoms with Gasteiger partial charge in [-0.1, -0.05) is 19.1 Å². The topological polar surface area (TPSA) is 51.4 Å². The van der Waals surface area contributed by atoms with Crippen LogP contribution in [-0.4, -0.2) is 24.5 Å². The van der Waals surface area contributed by atoms with Crippen LogP contribution in [0.3, 0.4) is 0 Å². The third kappa shape index (κ3) is 3.35. The van der Waals surface area contributed by atoms with Gasteiger partial charge in [-0.25, -0.2) is 0 Å². The lowest BCUT2D eigenvalue weighted by atomic mass is 10.1. The van der Waals surface area contributed by atoms with Crippen LogP contribution in [0.5, 0.6) is 0 Å². The molecule has 0 aliphatic heterocycles. The van der Waals surface area contributed by atoms with Crippen LogP contribution in [0.15, 0.2) is 22.7 Å². The van der Waals surface area contributed by atoms with Gasteiger partial charge in [-0.2, -0.15) is 10.2 Å². The van der Waals surface area contributed by atoms with Gasteiger partial charge in [0.05, 0.1) is 22.4 Å². The van der Waals surface area contributed by atoms with Gasteiger partial charge in [-0.15, -0.1) is 0 Å². The number of H-pyrrole nitrogens is 1. The van der Waals surface area contributed by atoms with E-state index in [1.807, 2.05) is 16.2 Å². The van der Waals surface area contributed by atoms with Crippen molar-refractivity contribution in [2.24, 2.45) is 0 Å². The van der Waals surface area contributed by atoms with Crippen LogP contribution in [0.4, 0.5) is 0 Å². The minimum absolute atomic E-state index is 0.151. The minimum atomic E-state index is 0.151. The highest BCUT2D eigenvalue weighted by Gasteiger charge is 2.19. The molecule has 0 aliphatic carbocycles. The van der Waals surface area contributed by atoms with Crippen LogP contribution in [-0.2, 0) is 6.54 Å². The van der Waals surface area contributed by atoms with Crippen LogP contribution >= 0.6 is 28.1 Å². The Morgan fingerprint density at radius 1 is 1.24 bits per heavy atom. The summed E-state index contributed by atoms with van der Waals surface area (Å²) in [5, 5.41) is 12.1. The molecule has 2 heterocycles. The molecule has 132 valence electrons. The lowest BCUT2D eigenvalue weighted by Crippen LogP contribution is -2.14. The molecule has 0 amide bonds. The average molecular weight is 420 g/mol. The summed E-state index contributed by atoms with van der Waals surface area (Å²) in [5.74, 6) is 1.07. The van der Waals surface area contributed by atoms with Crippen LogP contribution in [0.25, 0.3) is 5.69 Å². The second-order valence-corrected chi connectivity index (χ2v) is 7.76. The molecule has 5 nitrogen and oxygen atoms in total.